The molecule has 0 bridgehead atoms. The second-order valence-corrected chi connectivity index (χ2v) is 3.07. The number of aromatic nitrogens is 2. The van der Waals surface area contributed by atoms with Crippen LogP contribution in [0.4, 0.5) is 0 Å². The Morgan fingerprint density at radius 1 is 1.58 bits per heavy atom. The Bertz CT molecular complexity index is 360. The summed E-state index contributed by atoms with van der Waals surface area (Å²) in [5.74, 6) is 0.0894. The minimum atomic E-state index is -0.0697. The zero-order valence-electron chi connectivity index (χ0n) is 8.08. The average molecular weight is 233 g/mol. The molecule has 12 heavy (non-hydrogen) atoms. The van der Waals surface area contributed by atoms with Gasteiger partial charge in [0.15, 0.2) is 0 Å². The predicted molar refractivity (Wildman–Crippen MR) is 45.0 cm³/mol. The molecular formula is C7H7BrN2O2. The molecule has 5 heteroatoms. The molecule has 2 rings (SSSR count). The lowest BCUT2D eigenvalue weighted by atomic mass is 10.3. The minimum Gasteiger partial charge on any atom is -0.468 e. The molecular weight excluding hydrogens is 224 g/mol. The van der Waals surface area contributed by atoms with Gasteiger partial charge in [-0.3, -0.25) is 0 Å². The van der Waals surface area contributed by atoms with Gasteiger partial charge in [0.1, 0.15) is 10.7 Å². The van der Waals surface area contributed by atoms with E-state index in [1.807, 2.05) is 0 Å². The first-order chi connectivity index (χ1) is 6.66. The van der Waals surface area contributed by atoms with Crippen molar-refractivity contribution in [1.82, 2.24) is 9.97 Å². The third kappa shape index (κ3) is 1.73. The van der Waals surface area contributed by atoms with E-state index >= 15 is 0 Å². The minimum absolute atomic E-state index is 0.0313. The summed E-state index contributed by atoms with van der Waals surface area (Å²) in [6.45, 7) is 1.01. The molecule has 0 aromatic carbocycles. The van der Waals surface area contributed by atoms with Gasteiger partial charge in [-0.2, -0.15) is 0 Å². The van der Waals surface area contributed by atoms with Crippen molar-refractivity contribution in [2.24, 2.45) is 0 Å². The first kappa shape index (κ1) is 5.88. The smallest absolute Gasteiger partial charge is 0.232 e. The molecule has 0 spiro atoms. The molecule has 4 nitrogen and oxygen atoms in total. The fraction of sp³-hybridized carbons (Fsp3) is 0.429. The molecule has 1 saturated heterocycles. The van der Waals surface area contributed by atoms with E-state index in [1.54, 1.807) is 0 Å². The van der Waals surface area contributed by atoms with Crippen molar-refractivity contribution in [1.29, 1.82) is 0 Å². The number of nitrogens with zero attached hydrogens (tertiary/aromatic N) is 2. The molecule has 0 N–H and O–H groups in total. The van der Waals surface area contributed by atoms with Crippen molar-refractivity contribution in [2.45, 2.75) is 6.10 Å². The van der Waals surface area contributed by atoms with Gasteiger partial charge in [-0.15, -0.1) is 0 Å². The predicted octanol–water partition coefficient (Wildman–Crippen LogP) is 1.02. The Labute approximate surface area is 80.9 Å². The summed E-state index contributed by atoms with van der Waals surface area (Å²) in [4.78, 5) is 7.54. The number of halogens is 1. The van der Waals surface area contributed by atoms with E-state index in [4.69, 9.17) is 12.2 Å². The van der Waals surface area contributed by atoms with E-state index in [2.05, 4.69) is 25.9 Å². The number of hydrogen-bond acceptors (Lipinski definition) is 4. The second kappa shape index (κ2) is 3.37. The summed E-state index contributed by atoms with van der Waals surface area (Å²) >= 11 is 3.02. The summed E-state index contributed by atoms with van der Waals surface area (Å²) in [7, 11) is 0. The Balaban J connectivity index is 2.19. The van der Waals surface area contributed by atoms with Gasteiger partial charge in [0.05, 0.1) is 28.3 Å². The van der Waals surface area contributed by atoms with Crippen LogP contribution in [0.15, 0.2) is 16.9 Å². The van der Waals surface area contributed by atoms with Crippen molar-refractivity contribution < 1.29 is 12.2 Å². The van der Waals surface area contributed by atoms with Crippen LogP contribution in [0.25, 0.3) is 0 Å². The average Bonchev–Trinajstić information content (AvgIpc) is 2.06. The molecule has 2 heterocycles. The van der Waals surface area contributed by atoms with Crippen LogP contribution in [-0.2, 0) is 4.74 Å². The van der Waals surface area contributed by atoms with Gasteiger partial charge < -0.3 is 9.47 Å². The molecule has 64 valence electrons. The molecule has 1 aromatic rings. The maximum absolute atomic E-state index is 7.45. The molecule has 1 fully saturated rings. The standard InChI is InChI=1S/C7H7BrN2O2/c8-6-1-10-7(2-9-6)12-5-3-11-4-5/h1-2,5H,3-4H2/i1D,2D. The van der Waals surface area contributed by atoms with Crippen LogP contribution >= 0.6 is 15.9 Å². The fourth-order valence-electron chi connectivity index (χ4n) is 0.736. The van der Waals surface area contributed by atoms with E-state index < -0.39 is 0 Å². The van der Waals surface area contributed by atoms with Gasteiger partial charge in [0, 0.05) is 0 Å². The van der Waals surface area contributed by atoms with Gasteiger partial charge in [-0.1, -0.05) is 0 Å². The van der Waals surface area contributed by atoms with Crippen LogP contribution < -0.4 is 4.74 Å². The van der Waals surface area contributed by atoms with E-state index in [0.29, 0.717) is 13.2 Å². The zero-order valence-corrected chi connectivity index (χ0v) is 7.67. The Kier molecular flexibility index (Phi) is 1.65. The molecule has 0 aliphatic carbocycles. The van der Waals surface area contributed by atoms with E-state index in [-0.39, 0.29) is 28.9 Å². The Morgan fingerprint density at radius 2 is 2.42 bits per heavy atom. The highest BCUT2D eigenvalue weighted by Crippen LogP contribution is 2.13. The third-order valence-corrected chi connectivity index (χ3v) is 1.74. The highest BCUT2D eigenvalue weighted by Gasteiger charge is 2.20. The van der Waals surface area contributed by atoms with Crippen LogP contribution in [0.5, 0.6) is 5.88 Å². The lowest BCUT2D eigenvalue weighted by Crippen LogP contribution is -2.38. The molecule has 1 aliphatic rings. The van der Waals surface area contributed by atoms with Crippen molar-refractivity contribution in [2.75, 3.05) is 13.2 Å². The van der Waals surface area contributed by atoms with Crippen LogP contribution in [0, 0.1) is 0 Å². The van der Waals surface area contributed by atoms with Gasteiger partial charge in [-0.25, -0.2) is 9.97 Å². The fourth-order valence-corrected chi connectivity index (χ4v) is 0.914. The van der Waals surface area contributed by atoms with Crippen molar-refractivity contribution in [3.05, 3.63) is 16.9 Å². The molecule has 1 aliphatic heterocycles. The largest absolute Gasteiger partial charge is 0.468 e. The highest BCUT2D eigenvalue weighted by atomic mass is 79.9. The lowest BCUT2D eigenvalue weighted by Gasteiger charge is -2.25. The molecule has 0 atom stereocenters. The first-order valence-electron chi connectivity index (χ1n) is 4.42. The summed E-state index contributed by atoms with van der Waals surface area (Å²) in [6.07, 6.45) is -0.162. The maximum Gasteiger partial charge on any atom is 0.232 e. The number of ether oxygens (including phenoxy) is 2. The van der Waals surface area contributed by atoms with Gasteiger partial charge >= 0.3 is 0 Å². The number of hydrogen-bond donors (Lipinski definition) is 0. The zero-order chi connectivity index (χ0) is 10.1. The molecule has 1 aromatic heterocycles. The van der Waals surface area contributed by atoms with Crippen LogP contribution in [0.2, 0.25) is 0 Å². The van der Waals surface area contributed by atoms with Crippen molar-refractivity contribution >= 4 is 15.9 Å². The van der Waals surface area contributed by atoms with Crippen LogP contribution in [0.1, 0.15) is 2.74 Å². The summed E-state index contributed by atoms with van der Waals surface area (Å²) in [6, 6.07) is 0. The highest BCUT2D eigenvalue weighted by molar-refractivity contribution is 9.10. The topological polar surface area (TPSA) is 44.2 Å². The third-order valence-electron chi connectivity index (χ3n) is 1.39. The van der Waals surface area contributed by atoms with Gasteiger partial charge in [0.2, 0.25) is 5.88 Å². The SMILES string of the molecule is [2H]c1nc(OC2COC2)c([2H])nc1Br. The van der Waals surface area contributed by atoms with E-state index in [0.717, 1.165) is 0 Å². The van der Waals surface area contributed by atoms with Gasteiger partial charge in [-0.05, 0) is 15.9 Å². The quantitative estimate of drug-likeness (QED) is 0.764. The Hall–Kier alpha value is -0.680. The normalized spacial score (nSPS) is 19.4. The molecule has 0 amide bonds. The first-order valence-corrected chi connectivity index (χ1v) is 4.21. The van der Waals surface area contributed by atoms with Gasteiger partial charge in [0.25, 0.3) is 0 Å². The number of rotatable bonds is 2. The molecule has 0 saturated carbocycles. The summed E-state index contributed by atoms with van der Waals surface area (Å²) < 4.78 is 25.3. The molecule has 0 radical (unpaired) electrons. The second-order valence-electron chi connectivity index (χ2n) is 2.32. The lowest BCUT2D eigenvalue weighted by molar-refractivity contribution is -0.0814. The monoisotopic (exact) mass is 232 g/mol. The Morgan fingerprint density at radius 3 is 3.08 bits per heavy atom. The maximum atomic E-state index is 7.45. The van der Waals surface area contributed by atoms with E-state index in [9.17, 15) is 0 Å². The van der Waals surface area contributed by atoms with Crippen molar-refractivity contribution in [3.63, 3.8) is 0 Å². The molecule has 0 unspecified atom stereocenters. The summed E-state index contributed by atoms with van der Waals surface area (Å²) in [5.41, 5.74) is 0. The van der Waals surface area contributed by atoms with Crippen LogP contribution in [-0.4, -0.2) is 29.3 Å². The van der Waals surface area contributed by atoms with Crippen molar-refractivity contribution in [3.8, 4) is 5.88 Å². The van der Waals surface area contributed by atoms with E-state index in [1.165, 1.54) is 0 Å². The summed E-state index contributed by atoms with van der Waals surface area (Å²) in [5, 5.41) is 0. The van der Waals surface area contributed by atoms with Crippen LogP contribution in [0.3, 0.4) is 0 Å².